The molecule has 0 aliphatic carbocycles. The fourth-order valence-corrected chi connectivity index (χ4v) is 1.19. The maximum absolute atomic E-state index is 11.7. The first kappa shape index (κ1) is 13.6. The number of aryl methyl sites for hydroxylation is 1. The summed E-state index contributed by atoms with van der Waals surface area (Å²) in [7, 11) is 0. The summed E-state index contributed by atoms with van der Waals surface area (Å²) in [6.07, 6.45) is 3.32. The summed E-state index contributed by atoms with van der Waals surface area (Å²) in [6, 6.07) is -0.527. The Kier molecular flexibility index (Phi) is 4.17. The molecule has 1 aromatic rings. The summed E-state index contributed by atoms with van der Waals surface area (Å²) in [5, 5.41) is 2.76. The van der Waals surface area contributed by atoms with Gasteiger partial charge in [0.1, 0.15) is 0 Å². The summed E-state index contributed by atoms with van der Waals surface area (Å²) in [5.41, 5.74) is 7.17. The average Bonchev–Trinajstić information content (AvgIpc) is 2.25. The highest BCUT2D eigenvalue weighted by molar-refractivity contribution is 5.82. The van der Waals surface area contributed by atoms with Crippen LogP contribution in [0, 0.1) is 12.3 Å². The molecule has 3 N–H and O–H groups in total. The molecular weight excluding hydrogens is 216 g/mol. The van der Waals surface area contributed by atoms with Gasteiger partial charge in [-0.15, -0.1) is 0 Å². The predicted molar refractivity (Wildman–Crippen MR) is 66.0 cm³/mol. The van der Waals surface area contributed by atoms with Crippen molar-refractivity contribution in [1.29, 1.82) is 0 Å². The highest BCUT2D eigenvalue weighted by Crippen LogP contribution is 2.17. The second-order valence-corrected chi connectivity index (χ2v) is 5.21. The topological polar surface area (TPSA) is 80.9 Å². The van der Waals surface area contributed by atoms with Crippen molar-refractivity contribution >= 4 is 5.91 Å². The lowest BCUT2D eigenvalue weighted by Gasteiger charge is -2.25. The Hall–Kier alpha value is -1.49. The minimum atomic E-state index is -0.527. The second kappa shape index (κ2) is 5.23. The number of nitrogens with two attached hydrogens (primary N) is 1. The SMILES string of the molecule is Cc1cnc(CNC(=O)C(N)C(C)(C)C)cn1. The highest BCUT2D eigenvalue weighted by Gasteiger charge is 2.27. The van der Waals surface area contributed by atoms with Gasteiger partial charge in [0.25, 0.3) is 0 Å². The smallest absolute Gasteiger partial charge is 0.237 e. The first-order chi connectivity index (χ1) is 7.80. The van der Waals surface area contributed by atoms with Crippen LogP contribution in [0.3, 0.4) is 0 Å². The van der Waals surface area contributed by atoms with Crippen molar-refractivity contribution < 1.29 is 4.79 Å². The minimum absolute atomic E-state index is 0.167. The van der Waals surface area contributed by atoms with Crippen LogP contribution in [0.2, 0.25) is 0 Å². The van der Waals surface area contributed by atoms with E-state index in [1.165, 1.54) is 0 Å². The van der Waals surface area contributed by atoms with Crippen molar-refractivity contribution in [1.82, 2.24) is 15.3 Å². The van der Waals surface area contributed by atoms with Crippen LogP contribution in [0.15, 0.2) is 12.4 Å². The van der Waals surface area contributed by atoms with Crippen molar-refractivity contribution in [2.45, 2.75) is 40.3 Å². The van der Waals surface area contributed by atoms with E-state index in [9.17, 15) is 4.79 Å². The number of nitrogens with zero attached hydrogens (tertiary/aromatic N) is 2. The van der Waals surface area contributed by atoms with Gasteiger partial charge in [-0.1, -0.05) is 20.8 Å². The van der Waals surface area contributed by atoms with E-state index in [-0.39, 0.29) is 11.3 Å². The van der Waals surface area contributed by atoms with E-state index >= 15 is 0 Å². The molecule has 5 heteroatoms. The standard InChI is InChI=1S/C12H20N4O/c1-8-5-15-9(6-14-8)7-16-11(17)10(13)12(2,3)4/h5-6,10H,7,13H2,1-4H3,(H,16,17). The van der Waals surface area contributed by atoms with Gasteiger partial charge in [-0.3, -0.25) is 14.8 Å². The fourth-order valence-electron chi connectivity index (χ4n) is 1.19. The van der Waals surface area contributed by atoms with Crippen LogP contribution in [0.4, 0.5) is 0 Å². The number of carbonyl (C=O) groups is 1. The normalized spacial score (nSPS) is 13.2. The number of hydrogen-bond acceptors (Lipinski definition) is 4. The number of aromatic nitrogens is 2. The molecule has 0 bridgehead atoms. The molecule has 17 heavy (non-hydrogen) atoms. The molecule has 0 saturated carbocycles. The fraction of sp³-hybridized carbons (Fsp3) is 0.583. The minimum Gasteiger partial charge on any atom is -0.349 e. The Morgan fingerprint density at radius 1 is 1.41 bits per heavy atom. The van der Waals surface area contributed by atoms with Crippen molar-refractivity contribution in [3.8, 4) is 0 Å². The molecule has 0 fully saturated rings. The number of carbonyl (C=O) groups excluding carboxylic acids is 1. The molecule has 5 nitrogen and oxygen atoms in total. The summed E-state index contributed by atoms with van der Waals surface area (Å²) in [4.78, 5) is 20.0. The van der Waals surface area contributed by atoms with E-state index in [1.807, 2.05) is 27.7 Å². The number of nitrogens with one attached hydrogen (secondary N) is 1. The molecule has 94 valence electrons. The van der Waals surface area contributed by atoms with Crippen molar-refractivity contribution in [3.63, 3.8) is 0 Å². The Morgan fingerprint density at radius 3 is 2.53 bits per heavy atom. The molecule has 1 rings (SSSR count). The van der Waals surface area contributed by atoms with Gasteiger partial charge >= 0.3 is 0 Å². The van der Waals surface area contributed by atoms with E-state index in [1.54, 1.807) is 12.4 Å². The average molecular weight is 236 g/mol. The molecular formula is C12H20N4O. The molecule has 0 saturated heterocycles. The molecule has 0 radical (unpaired) electrons. The Labute approximate surface area is 102 Å². The molecule has 0 aliphatic heterocycles. The van der Waals surface area contributed by atoms with Crippen LogP contribution < -0.4 is 11.1 Å². The third-order valence-electron chi connectivity index (χ3n) is 2.49. The van der Waals surface area contributed by atoms with E-state index in [0.29, 0.717) is 6.54 Å². The van der Waals surface area contributed by atoms with Gasteiger partial charge in [0, 0.05) is 6.20 Å². The Balaban J connectivity index is 2.51. The molecule has 0 spiro atoms. The van der Waals surface area contributed by atoms with Gasteiger partial charge in [-0.25, -0.2) is 0 Å². The third-order valence-corrected chi connectivity index (χ3v) is 2.49. The lowest BCUT2D eigenvalue weighted by Crippen LogP contribution is -2.48. The van der Waals surface area contributed by atoms with Crippen LogP contribution in [-0.4, -0.2) is 21.9 Å². The highest BCUT2D eigenvalue weighted by atomic mass is 16.2. The first-order valence-electron chi connectivity index (χ1n) is 5.61. The van der Waals surface area contributed by atoms with Gasteiger partial charge in [0.05, 0.1) is 30.2 Å². The molecule has 1 heterocycles. The van der Waals surface area contributed by atoms with Crippen LogP contribution >= 0.6 is 0 Å². The van der Waals surface area contributed by atoms with Crippen LogP contribution in [0.25, 0.3) is 0 Å². The Morgan fingerprint density at radius 2 is 2.06 bits per heavy atom. The van der Waals surface area contributed by atoms with Gasteiger partial charge in [0.15, 0.2) is 0 Å². The zero-order valence-corrected chi connectivity index (χ0v) is 10.8. The number of hydrogen-bond donors (Lipinski definition) is 2. The molecule has 0 aromatic carbocycles. The molecule has 1 atom stereocenters. The molecule has 1 unspecified atom stereocenters. The summed E-state index contributed by atoms with van der Waals surface area (Å²) in [6.45, 7) is 8.02. The quantitative estimate of drug-likeness (QED) is 0.812. The van der Waals surface area contributed by atoms with E-state index in [2.05, 4.69) is 15.3 Å². The van der Waals surface area contributed by atoms with Gasteiger partial charge < -0.3 is 11.1 Å². The molecule has 1 aromatic heterocycles. The van der Waals surface area contributed by atoms with E-state index in [0.717, 1.165) is 11.4 Å². The summed E-state index contributed by atoms with van der Waals surface area (Å²) >= 11 is 0. The van der Waals surface area contributed by atoms with Gasteiger partial charge in [0.2, 0.25) is 5.91 Å². The van der Waals surface area contributed by atoms with Crippen molar-refractivity contribution in [2.75, 3.05) is 0 Å². The summed E-state index contributed by atoms with van der Waals surface area (Å²) in [5.74, 6) is -0.167. The number of rotatable bonds is 3. The monoisotopic (exact) mass is 236 g/mol. The first-order valence-corrected chi connectivity index (χ1v) is 5.61. The predicted octanol–water partition coefficient (Wildman–Crippen LogP) is 0.775. The van der Waals surface area contributed by atoms with Crippen molar-refractivity contribution in [2.24, 2.45) is 11.1 Å². The maximum Gasteiger partial charge on any atom is 0.237 e. The van der Waals surface area contributed by atoms with Crippen LogP contribution in [0.1, 0.15) is 32.2 Å². The Bertz CT molecular complexity index is 380. The van der Waals surface area contributed by atoms with Crippen LogP contribution in [0.5, 0.6) is 0 Å². The number of amides is 1. The largest absolute Gasteiger partial charge is 0.349 e. The van der Waals surface area contributed by atoms with E-state index < -0.39 is 6.04 Å². The zero-order chi connectivity index (χ0) is 13.1. The van der Waals surface area contributed by atoms with Crippen molar-refractivity contribution in [3.05, 3.63) is 23.8 Å². The van der Waals surface area contributed by atoms with E-state index in [4.69, 9.17) is 5.73 Å². The molecule has 0 aliphatic rings. The third kappa shape index (κ3) is 4.11. The zero-order valence-electron chi connectivity index (χ0n) is 10.8. The maximum atomic E-state index is 11.7. The van der Waals surface area contributed by atoms with Gasteiger partial charge in [-0.2, -0.15) is 0 Å². The summed E-state index contributed by atoms with van der Waals surface area (Å²) < 4.78 is 0. The van der Waals surface area contributed by atoms with Crippen LogP contribution in [-0.2, 0) is 11.3 Å². The lowest BCUT2D eigenvalue weighted by molar-refractivity contribution is -0.124. The lowest BCUT2D eigenvalue weighted by atomic mass is 9.87. The van der Waals surface area contributed by atoms with Gasteiger partial charge in [-0.05, 0) is 12.3 Å². The second-order valence-electron chi connectivity index (χ2n) is 5.21. The molecule has 1 amide bonds.